The second kappa shape index (κ2) is 2.73. The largest absolute Gasteiger partial charge is 0.0947 e. The van der Waals surface area contributed by atoms with Crippen molar-refractivity contribution in [3.63, 3.8) is 0 Å². The average molecular weight is 172 g/mol. The van der Waals surface area contributed by atoms with E-state index < -0.39 is 0 Å². The number of hydrogen-bond acceptors (Lipinski definition) is 0. The first kappa shape index (κ1) is 8.55. The van der Waals surface area contributed by atoms with Gasteiger partial charge in [-0.05, 0) is 35.0 Å². The molecule has 68 valence electrons. The van der Waals surface area contributed by atoms with Crippen molar-refractivity contribution in [3.8, 4) is 0 Å². The summed E-state index contributed by atoms with van der Waals surface area (Å²) in [6, 6.07) is 8.63. The average Bonchev–Trinajstić information content (AvgIpc) is 2.13. The van der Waals surface area contributed by atoms with E-state index in [1.807, 2.05) is 0 Å². The van der Waals surface area contributed by atoms with Gasteiger partial charge < -0.3 is 0 Å². The Bertz CT molecular complexity index is 345. The summed E-state index contributed by atoms with van der Waals surface area (Å²) >= 11 is 0. The standard InChI is InChI=1S/C13H16/c1-10-12-7-5-4-6-11(12)8-9-13(10,2)3/h4-7H,1,8-9H2,2-3H3. The molecule has 0 radical (unpaired) electrons. The van der Waals surface area contributed by atoms with Gasteiger partial charge in [-0.1, -0.05) is 44.7 Å². The molecular formula is C13H16. The van der Waals surface area contributed by atoms with Gasteiger partial charge in [0.25, 0.3) is 0 Å². The van der Waals surface area contributed by atoms with Crippen molar-refractivity contribution in [3.05, 3.63) is 42.0 Å². The Labute approximate surface area is 80.3 Å². The number of rotatable bonds is 0. The summed E-state index contributed by atoms with van der Waals surface area (Å²) in [4.78, 5) is 0. The molecule has 0 nitrogen and oxygen atoms in total. The van der Waals surface area contributed by atoms with Gasteiger partial charge in [0, 0.05) is 0 Å². The maximum absolute atomic E-state index is 4.21. The summed E-state index contributed by atoms with van der Waals surface area (Å²) < 4.78 is 0. The zero-order chi connectivity index (χ0) is 9.47. The maximum Gasteiger partial charge on any atom is -0.0100 e. The van der Waals surface area contributed by atoms with Crippen LogP contribution < -0.4 is 0 Å². The molecule has 2 rings (SSSR count). The first-order chi connectivity index (χ1) is 6.11. The third kappa shape index (κ3) is 1.31. The molecule has 1 aromatic carbocycles. The molecule has 1 aliphatic carbocycles. The third-order valence-electron chi connectivity index (χ3n) is 3.18. The number of benzene rings is 1. The zero-order valence-electron chi connectivity index (χ0n) is 8.43. The van der Waals surface area contributed by atoms with Gasteiger partial charge in [-0.3, -0.25) is 0 Å². The Hall–Kier alpha value is -1.04. The van der Waals surface area contributed by atoms with Crippen LogP contribution in [0.3, 0.4) is 0 Å². The van der Waals surface area contributed by atoms with Crippen LogP contribution in [0, 0.1) is 5.41 Å². The lowest BCUT2D eigenvalue weighted by molar-refractivity contribution is 0.444. The molecule has 0 saturated carbocycles. The first-order valence-corrected chi connectivity index (χ1v) is 4.89. The van der Waals surface area contributed by atoms with E-state index in [4.69, 9.17) is 0 Å². The van der Waals surface area contributed by atoms with Gasteiger partial charge in [0.1, 0.15) is 0 Å². The molecule has 0 heterocycles. The van der Waals surface area contributed by atoms with E-state index in [1.54, 1.807) is 0 Å². The van der Waals surface area contributed by atoms with Crippen LogP contribution in [-0.4, -0.2) is 0 Å². The quantitative estimate of drug-likeness (QED) is 0.560. The molecule has 0 fully saturated rings. The molecule has 1 aromatic rings. The van der Waals surface area contributed by atoms with Gasteiger partial charge >= 0.3 is 0 Å². The van der Waals surface area contributed by atoms with Gasteiger partial charge in [-0.2, -0.15) is 0 Å². The van der Waals surface area contributed by atoms with Crippen LogP contribution in [0.4, 0.5) is 0 Å². The molecule has 0 N–H and O–H groups in total. The summed E-state index contributed by atoms with van der Waals surface area (Å²) in [6.45, 7) is 8.77. The fraction of sp³-hybridized carbons (Fsp3) is 0.385. The summed E-state index contributed by atoms with van der Waals surface area (Å²) in [5.41, 5.74) is 4.42. The van der Waals surface area contributed by atoms with E-state index >= 15 is 0 Å². The second-order valence-electron chi connectivity index (χ2n) is 4.52. The molecule has 0 saturated heterocycles. The predicted octanol–water partition coefficient (Wildman–Crippen LogP) is 3.67. The van der Waals surface area contributed by atoms with E-state index in [-0.39, 0.29) is 5.41 Å². The molecule has 0 atom stereocenters. The Balaban J connectivity index is 2.52. The van der Waals surface area contributed by atoms with Gasteiger partial charge in [-0.25, -0.2) is 0 Å². The van der Waals surface area contributed by atoms with Crippen LogP contribution in [-0.2, 0) is 6.42 Å². The minimum absolute atomic E-state index is 0.286. The molecule has 0 aliphatic heterocycles. The van der Waals surface area contributed by atoms with Crippen LogP contribution in [0.5, 0.6) is 0 Å². The molecule has 0 amide bonds. The highest BCUT2D eigenvalue weighted by atomic mass is 14.3. The Kier molecular flexibility index (Phi) is 1.80. The van der Waals surface area contributed by atoms with Crippen LogP contribution in [0.25, 0.3) is 5.57 Å². The fourth-order valence-electron chi connectivity index (χ4n) is 2.00. The highest BCUT2D eigenvalue weighted by Gasteiger charge is 2.28. The Morgan fingerprint density at radius 2 is 1.92 bits per heavy atom. The topological polar surface area (TPSA) is 0 Å². The molecule has 0 bridgehead atoms. The molecule has 0 spiro atoms. The minimum Gasteiger partial charge on any atom is -0.0947 e. The molecule has 0 aromatic heterocycles. The van der Waals surface area contributed by atoms with Crippen molar-refractivity contribution in [1.29, 1.82) is 0 Å². The summed E-state index contributed by atoms with van der Waals surface area (Å²) in [6.07, 6.45) is 2.42. The first-order valence-electron chi connectivity index (χ1n) is 4.89. The van der Waals surface area contributed by atoms with E-state index in [0.29, 0.717) is 0 Å². The predicted molar refractivity (Wildman–Crippen MR) is 57.6 cm³/mol. The smallest absolute Gasteiger partial charge is 0.0100 e. The van der Waals surface area contributed by atoms with Crippen LogP contribution in [0.15, 0.2) is 30.8 Å². The molecule has 0 unspecified atom stereocenters. The second-order valence-corrected chi connectivity index (χ2v) is 4.52. The zero-order valence-corrected chi connectivity index (χ0v) is 8.43. The van der Waals surface area contributed by atoms with Crippen molar-refractivity contribution in [2.45, 2.75) is 26.7 Å². The van der Waals surface area contributed by atoms with Crippen LogP contribution in [0.2, 0.25) is 0 Å². The number of fused-ring (bicyclic) bond motifs is 1. The van der Waals surface area contributed by atoms with Gasteiger partial charge in [0.2, 0.25) is 0 Å². The third-order valence-corrected chi connectivity index (χ3v) is 3.18. The van der Waals surface area contributed by atoms with Gasteiger partial charge in [-0.15, -0.1) is 0 Å². The SMILES string of the molecule is C=C1c2ccccc2CCC1(C)C. The van der Waals surface area contributed by atoms with Crippen molar-refractivity contribution in [2.75, 3.05) is 0 Å². The van der Waals surface area contributed by atoms with Crippen LogP contribution >= 0.6 is 0 Å². The van der Waals surface area contributed by atoms with Gasteiger partial charge in [0.05, 0.1) is 0 Å². The van der Waals surface area contributed by atoms with E-state index in [2.05, 4.69) is 44.7 Å². The fourth-order valence-corrected chi connectivity index (χ4v) is 2.00. The lowest BCUT2D eigenvalue weighted by atomic mass is 9.71. The molecule has 0 heteroatoms. The summed E-state index contributed by atoms with van der Waals surface area (Å²) in [7, 11) is 0. The lowest BCUT2D eigenvalue weighted by Crippen LogP contribution is -2.20. The van der Waals surface area contributed by atoms with Crippen molar-refractivity contribution in [1.82, 2.24) is 0 Å². The van der Waals surface area contributed by atoms with Crippen molar-refractivity contribution >= 4 is 5.57 Å². The van der Waals surface area contributed by atoms with E-state index in [9.17, 15) is 0 Å². The normalized spacial score (nSPS) is 19.7. The summed E-state index contributed by atoms with van der Waals surface area (Å²) in [5.74, 6) is 0. The highest BCUT2D eigenvalue weighted by Crippen LogP contribution is 2.42. The lowest BCUT2D eigenvalue weighted by Gasteiger charge is -2.33. The molecule has 1 aliphatic rings. The number of hydrogen-bond donors (Lipinski definition) is 0. The van der Waals surface area contributed by atoms with Crippen molar-refractivity contribution < 1.29 is 0 Å². The van der Waals surface area contributed by atoms with Gasteiger partial charge in [0.15, 0.2) is 0 Å². The van der Waals surface area contributed by atoms with Crippen molar-refractivity contribution in [2.24, 2.45) is 5.41 Å². The number of aryl methyl sites for hydroxylation is 1. The monoisotopic (exact) mass is 172 g/mol. The van der Waals surface area contributed by atoms with E-state index in [0.717, 1.165) is 0 Å². The number of allylic oxidation sites excluding steroid dienone is 1. The molecular weight excluding hydrogens is 156 g/mol. The maximum atomic E-state index is 4.21. The highest BCUT2D eigenvalue weighted by molar-refractivity contribution is 5.71. The summed E-state index contributed by atoms with van der Waals surface area (Å²) in [5, 5.41) is 0. The Morgan fingerprint density at radius 3 is 2.69 bits per heavy atom. The minimum atomic E-state index is 0.286. The molecule has 13 heavy (non-hydrogen) atoms. The van der Waals surface area contributed by atoms with E-state index in [1.165, 1.54) is 29.5 Å². The Morgan fingerprint density at radius 1 is 1.23 bits per heavy atom. The van der Waals surface area contributed by atoms with Crippen LogP contribution in [0.1, 0.15) is 31.4 Å².